The van der Waals surface area contributed by atoms with Crippen LogP contribution < -0.4 is 11.1 Å². The summed E-state index contributed by atoms with van der Waals surface area (Å²) in [7, 11) is 0. The van der Waals surface area contributed by atoms with Crippen LogP contribution >= 0.6 is 0 Å². The zero-order chi connectivity index (χ0) is 14.7. The number of urea groups is 1. The van der Waals surface area contributed by atoms with Crippen molar-refractivity contribution in [1.82, 2.24) is 10.2 Å². The van der Waals surface area contributed by atoms with Crippen LogP contribution in [0.5, 0.6) is 0 Å². The molecule has 0 bridgehead atoms. The largest absolute Gasteiger partial charge is 0.351 e. The minimum absolute atomic E-state index is 0.170. The van der Waals surface area contributed by atoms with E-state index in [9.17, 15) is 13.6 Å². The topological polar surface area (TPSA) is 58.4 Å². The highest BCUT2D eigenvalue weighted by Gasteiger charge is 2.23. The number of nitrogens with two attached hydrogens (primary N) is 1. The summed E-state index contributed by atoms with van der Waals surface area (Å²) in [6.45, 7) is 2.98. The van der Waals surface area contributed by atoms with Gasteiger partial charge in [-0.15, -0.1) is 0 Å². The Morgan fingerprint density at radius 1 is 1.40 bits per heavy atom. The second-order valence-electron chi connectivity index (χ2n) is 5.15. The number of likely N-dealkylation sites (tertiary alicyclic amines) is 1. The Morgan fingerprint density at radius 3 is 2.65 bits per heavy atom. The molecule has 1 unspecified atom stereocenters. The van der Waals surface area contributed by atoms with Crippen molar-refractivity contribution < 1.29 is 13.6 Å². The van der Waals surface area contributed by atoms with Crippen LogP contribution in [0.15, 0.2) is 18.2 Å². The van der Waals surface area contributed by atoms with Crippen LogP contribution in [0.1, 0.15) is 31.4 Å². The minimum Gasteiger partial charge on any atom is -0.351 e. The van der Waals surface area contributed by atoms with Gasteiger partial charge in [0.1, 0.15) is 11.6 Å². The lowest BCUT2D eigenvalue weighted by atomic mass is 10.0. The predicted molar refractivity (Wildman–Crippen MR) is 72.1 cm³/mol. The summed E-state index contributed by atoms with van der Waals surface area (Å²) in [6, 6.07) is 2.94. The summed E-state index contributed by atoms with van der Waals surface area (Å²) in [5, 5.41) is 3.28. The minimum atomic E-state index is -0.446. The zero-order valence-corrected chi connectivity index (χ0v) is 11.4. The van der Waals surface area contributed by atoms with E-state index in [0.717, 1.165) is 25.0 Å². The first-order chi connectivity index (χ1) is 9.47. The van der Waals surface area contributed by atoms with Gasteiger partial charge in [-0.3, -0.25) is 0 Å². The molecule has 0 radical (unpaired) electrons. The fraction of sp³-hybridized carbons (Fsp3) is 0.500. The first-order valence-electron chi connectivity index (χ1n) is 6.72. The van der Waals surface area contributed by atoms with Crippen LogP contribution in [0.25, 0.3) is 0 Å². The van der Waals surface area contributed by atoms with Crippen LogP contribution in [0.3, 0.4) is 0 Å². The molecule has 4 nitrogen and oxygen atoms in total. The normalized spacial score (nSPS) is 18.1. The maximum atomic E-state index is 13.7. The molecule has 2 rings (SSSR count). The lowest BCUT2D eigenvalue weighted by Crippen LogP contribution is -2.47. The van der Waals surface area contributed by atoms with E-state index in [1.807, 2.05) is 0 Å². The number of amides is 2. The number of benzene rings is 1. The molecule has 3 N–H and O–H groups in total. The van der Waals surface area contributed by atoms with Gasteiger partial charge in [-0.2, -0.15) is 0 Å². The van der Waals surface area contributed by atoms with Gasteiger partial charge in [0.2, 0.25) is 0 Å². The van der Waals surface area contributed by atoms with Gasteiger partial charge >= 0.3 is 6.03 Å². The summed E-state index contributed by atoms with van der Waals surface area (Å²) in [6.07, 6.45) is 1.51. The van der Waals surface area contributed by atoms with Crippen molar-refractivity contribution in [2.75, 3.05) is 13.1 Å². The van der Waals surface area contributed by atoms with Crippen LogP contribution in [0.2, 0.25) is 0 Å². The van der Waals surface area contributed by atoms with Crippen molar-refractivity contribution >= 4 is 6.03 Å². The standard InChI is InChI=1S/C14H19F2N3O/c1-9(12-8-10(15)2-3-13(12)16)18-11-4-6-19(7-5-11)14(17)20/h2-3,8-9,11,18H,4-7H2,1H3,(H2,17,20). The highest BCUT2D eigenvalue weighted by atomic mass is 19.1. The number of hydrogen-bond acceptors (Lipinski definition) is 2. The Bertz CT molecular complexity index is 487. The highest BCUT2D eigenvalue weighted by molar-refractivity contribution is 5.72. The smallest absolute Gasteiger partial charge is 0.314 e. The molecule has 1 atom stereocenters. The first-order valence-corrected chi connectivity index (χ1v) is 6.72. The molecule has 1 aromatic rings. The molecular formula is C14H19F2N3O. The number of nitrogens with one attached hydrogen (secondary N) is 1. The third kappa shape index (κ3) is 3.45. The Hall–Kier alpha value is -1.69. The number of nitrogens with zero attached hydrogens (tertiary/aromatic N) is 1. The summed E-state index contributed by atoms with van der Waals surface area (Å²) in [5.74, 6) is -0.862. The van der Waals surface area contributed by atoms with Crippen molar-refractivity contribution in [3.05, 3.63) is 35.4 Å². The fourth-order valence-corrected chi connectivity index (χ4v) is 2.56. The molecule has 1 fully saturated rings. The number of halogens is 2. The van der Waals surface area contributed by atoms with Gasteiger partial charge in [-0.1, -0.05) is 0 Å². The molecule has 1 aliphatic heterocycles. The van der Waals surface area contributed by atoms with E-state index in [4.69, 9.17) is 5.73 Å². The summed E-state index contributed by atoms with van der Waals surface area (Å²) >= 11 is 0. The maximum Gasteiger partial charge on any atom is 0.314 e. The van der Waals surface area contributed by atoms with Crippen molar-refractivity contribution in [3.63, 3.8) is 0 Å². The molecule has 110 valence electrons. The zero-order valence-electron chi connectivity index (χ0n) is 11.4. The lowest BCUT2D eigenvalue weighted by Gasteiger charge is -2.33. The monoisotopic (exact) mass is 283 g/mol. The number of rotatable bonds is 3. The van der Waals surface area contributed by atoms with Gasteiger partial charge in [0.25, 0.3) is 0 Å². The number of carbonyl (C=O) groups excluding carboxylic acids is 1. The van der Waals surface area contributed by atoms with E-state index in [1.165, 1.54) is 6.07 Å². The Morgan fingerprint density at radius 2 is 2.05 bits per heavy atom. The van der Waals surface area contributed by atoms with E-state index >= 15 is 0 Å². The molecule has 0 aromatic heterocycles. The third-order valence-corrected chi connectivity index (χ3v) is 3.72. The molecule has 0 aliphatic carbocycles. The molecule has 1 saturated heterocycles. The highest BCUT2D eigenvalue weighted by Crippen LogP contribution is 2.20. The molecule has 6 heteroatoms. The second kappa shape index (κ2) is 6.17. The molecular weight excluding hydrogens is 264 g/mol. The first kappa shape index (κ1) is 14.7. The van der Waals surface area contributed by atoms with Crippen LogP contribution in [0, 0.1) is 11.6 Å². The fourth-order valence-electron chi connectivity index (χ4n) is 2.56. The second-order valence-corrected chi connectivity index (χ2v) is 5.15. The molecule has 1 aliphatic rings. The average Bonchev–Trinajstić information content (AvgIpc) is 2.42. The van der Waals surface area contributed by atoms with Crippen molar-refractivity contribution in [2.45, 2.75) is 31.8 Å². The van der Waals surface area contributed by atoms with Crippen molar-refractivity contribution in [3.8, 4) is 0 Å². The van der Waals surface area contributed by atoms with E-state index in [0.29, 0.717) is 18.7 Å². The van der Waals surface area contributed by atoms with E-state index in [1.54, 1.807) is 11.8 Å². The van der Waals surface area contributed by atoms with Crippen LogP contribution in [0.4, 0.5) is 13.6 Å². The van der Waals surface area contributed by atoms with E-state index < -0.39 is 17.7 Å². The van der Waals surface area contributed by atoms with Gasteiger partial charge in [-0.05, 0) is 38.0 Å². The van der Waals surface area contributed by atoms with Gasteiger partial charge in [-0.25, -0.2) is 13.6 Å². The lowest BCUT2D eigenvalue weighted by molar-refractivity contribution is 0.183. The Labute approximate surface area is 116 Å². The number of primary amides is 1. The van der Waals surface area contributed by atoms with Gasteiger partial charge < -0.3 is 16.0 Å². The van der Waals surface area contributed by atoms with Crippen molar-refractivity contribution in [2.24, 2.45) is 5.73 Å². The quantitative estimate of drug-likeness (QED) is 0.893. The van der Waals surface area contributed by atoms with E-state index in [-0.39, 0.29) is 12.1 Å². The predicted octanol–water partition coefficient (Wildman–Crippen LogP) is 2.16. The van der Waals surface area contributed by atoms with Crippen LogP contribution in [-0.2, 0) is 0 Å². The molecule has 1 aromatic carbocycles. The Balaban J connectivity index is 1.94. The average molecular weight is 283 g/mol. The summed E-state index contributed by atoms with van der Waals surface area (Å²) in [4.78, 5) is 12.6. The number of piperidine rings is 1. The summed E-state index contributed by atoms with van der Waals surface area (Å²) < 4.78 is 26.8. The maximum absolute atomic E-state index is 13.7. The van der Waals surface area contributed by atoms with Crippen molar-refractivity contribution in [1.29, 1.82) is 0 Å². The molecule has 0 spiro atoms. The van der Waals surface area contributed by atoms with Gasteiger partial charge in [0, 0.05) is 30.7 Å². The van der Waals surface area contributed by atoms with Gasteiger partial charge in [0.15, 0.2) is 0 Å². The SMILES string of the molecule is CC(NC1CCN(C(N)=O)CC1)c1cc(F)ccc1F. The molecule has 0 saturated carbocycles. The van der Waals surface area contributed by atoms with E-state index in [2.05, 4.69) is 5.32 Å². The summed E-state index contributed by atoms with van der Waals surface area (Å²) in [5.41, 5.74) is 5.54. The van der Waals surface area contributed by atoms with Gasteiger partial charge in [0.05, 0.1) is 0 Å². The molecule has 2 amide bonds. The third-order valence-electron chi connectivity index (χ3n) is 3.72. The van der Waals surface area contributed by atoms with Crippen LogP contribution in [-0.4, -0.2) is 30.1 Å². The molecule has 20 heavy (non-hydrogen) atoms. The number of carbonyl (C=O) groups is 1. The Kier molecular flexibility index (Phi) is 4.54. The number of hydrogen-bond donors (Lipinski definition) is 2. The molecule has 1 heterocycles.